The number of carbonyl (C=O) groups excluding carboxylic acids is 2. The van der Waals surface area contributed by atoms with Crippen molar-refractivity contribution in [3.05, 3.63) is 66.4 Å². The molecule has 0 aliphatic carbocycles. The van der Waals surface area contributed by atoms with Crippen molar-refractivity contribution in [2.45, 2.75) is 6.92 Å². The molecule has 156 valence electrons. The Morgan fingerprint density at radius 1 is 1.00 bits per heavy atom. The molecule has 1 N–H and O–H groups in total. The molecule has 0 saturated heterocycles. The highest BCUT2D eigenvalue weighted by Gasteiger charge is 2.39. The van der Waals surface area contributed by atoms with Crippen molar-refractivity contribution in [1.82, 2.24) is 4.90 Å². The summed E-state index contributed by atoms with van der Waals surface area (Å²) < 4.78 is 16.3. The van der Waals surface area contributed by atoms with Crippen molar-refractivity contribution in [2.24, 2.45) is 0 Å². The second kappa shape index (κ2) is 9.17. The van der Waals surface area contributed by atoms with Crippen LogP contribution in [0.3, 0.4) is 0 Å². The standard InChI is InChI=1S/C23H24N2O5/c1-5-13-25-22(26)20(15-11-12-18(28-3)19(14-15)29-4)21(23(25)27)24-16-9-7-8-10-17(16)30-6-2/h5,7-12,14,24H,1,6,13H2,2-4H3. The molecule has 7 heteroatoms. The molecule has 1 aliphatic heterocycles. The number of benzene rings is 2. The zero-order valence-corrected chi connectivity index (χ0v) is 17.2. The number of nitrogens with zero attached hydrogens (tertiary/aromatic N) is 1. The zero-order valence-electron chi connectivity index (χ0n) is 17.2. The van der Waals surface area contributed by atoms with Gasteiger partial charge in [0, 0.05) is 6.54 Å². The van der Waals surface area contributed by atoms with Crippen molar-refractivity contribution in [2.75, 3.05) is 32.7 Å². The second-order valence-corrected chi connectivity index (χ2v) is 6.38. The van der Waals surface area contributed by atoms with Gasteiger partial charge in [0.25, 0.3) is 11.8 Å². The average molecular weight is 408 g/mol. The van der Waals surface area contributed by atoms with Crippen LogP contribution in [0, 0.1) is 0 Å². The first kappa shape index (κ1) is 21.0. The fraction of sp³-hybridized carbons (Fsp3) is 0.217. The van der Waals surface area contributed by atoms with Crippen LogP contribution in [0.4, 0.5) is 5.69 Å². The van der Waals surface area contributed by atoms with Gasteiger partial charge in [-0.15, -0.1) is 6.58 Å². The van der Waals surface area contributed by atoms with Crippen LogP contribution in [0.5, 0.6) is 17.2 Å². The minimum Gasteiger partial charge on any atom is -0.493 e. The lowest BCUT2D eigenvalue weighted by atomic mass is 10.0. The van der Waals surface area contributed by atoms with E-state index in [-0.39, 0.29) is 17.8 Å². The Morgan fingerprint density at radius 3 is 2.40 bits per heavy atom. The van der Waals surface area contributed by atoms with E-state index in [1.165, 1.54) is 20.3 Å². The summed E-state index contributed by atoms with van der Waals surface area (Å²) in [7, 11) is 3.05. The SMILES string of the molecule is C=CCN1C(=O)C(Nc2ccccc2OCC)=C(c2ccc(OC)c(OC)c2)C1=O. The molecule has 0 atom stereocenters. The first-order chi connectivity index (χ1) is 14.5. The normalized spacial score (nSPS) is 13.5. The molecule has 2 aromatic rings. The van der Waals surface area contributed by atoms with Gasteiger partial charge < -0.3 is 19.5 Å². The summed E-state index contributed by atoms with van der Waals surface area (Å²) in [4.78, 5) is 27.4. The van der Waals surface area contributed by atoms with Gasteiger partial charge in [-0.25, -0.2) is 0 Å². The summed E-state index contributed by atoms with van der Waals surface area (Å²) in [6, 6.07) is 12.3. The summed E-state index contributed by atoms with van der Waals surface area (Å²) in [5, 5.41) is 3.11. The maximum Gasteiger partial charge on any atom is 0.278 e. The van der Waals surface area contributed by atoms with E-state index in [1.54, 1.807) is 30.3 Å². The van der Waals surface area contributed by atoms with Gasteiger partial charge >= 0.3 is 0 Å². The van der Waals surface area contributed by atoms with Crippen LogP contribution in [0.1, 0.15) is 12.5 Å². The number of hydrogen-bond donors (Lipinski definition) is 1. The number of nitrogens with one attached hydrogen (secondary N) is 1. The third-order valence-electron chi connectivity index (χ3n) is 4.60. The number of anilines is 1. The van der Waals surface area contributed by atoms with E-state index in [2.05, 4.69) is 11.9 Å². The molecule has 0 saturated carbocycles. The van der Waals surface area contributed by atoms with Crippen molar-refractivity contribution in [3.63, 3.8) is 0 Å². The van der Waals surface area contributed by atoms with E-state index in [1.807, 2.05) is 19.1 Å². The molecule has 0 bridgehead atoms. The number of carbonyl (C=O) groups is 2. The first-order valence-corrected chi connectivity index (χ1v) is 9.48. The van der Waals surface area contributed by atoms with Crippen LogP contribution in [0.15, 0.2) is 60.8 Å². The first-order valence-electron chi connectivity index (χ1n) is 9.48. The molecule has 0 spiro atoms. The smallest absolute Gasteiger partial charge is 0.278 e. The third-order valence-corrected chi connectivity index (χ3v) is 4.60. The summed E-state index contributed by atoms with van der Waals surface area (Å²) in [5.74, 6) is 0.720. The molecular weight excluding hydrogens is 384 g/mol. The van der Waals surface area contributed by atoms with Crippen molar-refractivity contribution in [1.29, 1.82) is 0 Å². The monoisotopic (exact) mass is 408 g/mol. The zero-order chi connectivity index (χ0) is 21.7. The summed E-state index contributed by atoms with van der Waals surface area (Å²) in [6.45, 7) is 6.09. The average Bonchev–Trinajstić information content (AvgIpc) is 2.99. The molecule has 0 radical (unpaired) electrons. The van der Waals surface area contributed by atoms with E-state index in [4.69, 9.17) is 14.2 Å². The minimum atomic E-state index is -0.434. The second-order valence-electron chi connectivity index (χ2n) is 6.38. The maximum absolute atomic E-state index is 13.1. The van der Waals surface area contributed by atoms with E-state index in [9.17, 15) is 9.59 Å². The Morgan fingerprint density at radius 2 is 1.73 bits per heavy atom. The quantitative estimate of drug-likeness (QED) is 0.506. The molecule has 2 aromatic carbocycles. The van der Waals surface area contributed by atoms with Gasteiger partial charge in [0.2, 0.25) is 0 Å². The van der Waals surface area contributed by atoms with Crippen LogP contribution < -0.4 is 19.5 Å². The Kier molecular flexibility index (Phi) is 6.41. The van der Waals surface area contributed by atoms with Gasteiger partial charge in [0.1, 0.15) is 11.4 Å². The molecule has 0 unspecified atom stereocenters. The van der Waals surface area contributed by atoms with Gasteiger partial charge in [0.15, 0.2) is 11.5 Å². The molecule has 1 heterocycles. The predicted octanol–water partition coefficient (Wildman–Crippen LogP) is 3.48. The van der Waals surface area contributed by atoms with Crippen LogP contribution in [0.2, 0.25) is 0 Å². The topological polar surface area (TPSA) is 77.1 Å². The van der Waals surface area contributed by atoms with E-state index in [0.29, 0.717) is 35.1 Å². The summed E-state index contributed by atoms with van der Waals surface area (Å²) >= 11 is 0. The Labute approximate surface area is 175 Å². The lowest BCUT2D eigenvalue weighted by Crippen LogP contribution is -2.32. The lowest BCUT2D eigenvalue weighted by Gasteiger charge is -2.14. The number of ether oxygens (including phenoxy) is 3. The lowest BCUT2D eigenvalue weighted by molar-refractivity contribution is -0.136. The van der Waals surface area contributed by atoms with Crippen LogP contribution >= 0.6 is 0 Å². The van der Waals surface area contributed by atoms with E-state index in [0.717, 1.165) is 4.90 Å². The number of para-hydroxylation sites is 2. The van der Waals surface area contributed by atoms with Gasteiger partial charge in [-0.1, -0.05) is 24.3 Å². The van der Waals surface area contributed by atoms with Crippen molar-refractivity contribution in [3.8, 4) is 17.2 Å². The molecular formula is C23H24N2O5. The molecule has 0 aromatic heterocycles. The van der Waals surface area contributed by atoms with Crippen molar-refractivity contribution >= 4 is 23.1 Å². The fourth-order valence-corrected chi connectivity index (χ4v) is 3.23. The number of imide groups is 1. The molecule has 2 amide bonds. The maximum atomic E-state index is 13.1. The predicted molar refractivity (Wildman–Crippen MR) is 115 cm³/mol. The van der Waals surface area contributed by atoms with E-state index < -0.39 is 11.8 Å². The highest BCUT2D eigenvalue weighted by Crippen LogP contribution is 2.36. The van der Waals surface area contributed by atoms with Gasteiger partial charge in [-0.2, -0.15) is 0 Å². The highest BCUT2D eigenvalue weighted by atomic mass is 16.5. The minimum absolute atomic E-state index is 0.104. The Bertz CT molecular complexity index is 1010. The number of hydrogen-bond acceptors (Lipinski definition) is 6. The van der Waals surface area contributed by atoms with E-state index >= 15 is 0 Å². The van der Waals surface area contributed by atoms with Gasteiger partial charge in [0.05, 0.1) is 32.1 Å². The van der Waals surface area contributed by atoms with Gasteiger partial charge in [-0.3, -0.25) is 14.5 Å². The molecule has 1 aliphatic rings. The van der Waals surface area contributed by atoms with Crippen LogP contribution in [0.25, 0.3) is 5.57 Å². The fourth-order valence-electron chi connectivity index (χ4n) is 3.23. The number of methoxy groups -OCH3 is 2. The molecule has 7 nitrogen and oxygen atoms in total. The molecule has 3 rings (SSSR count). The third kappa shape index (κ3) is 3.87. The summed E-state index contributed by atoms with van der Waals surface area (Å²) in [6.07, 6.45) is 1.51. The molecule has 30 heavy (non-hydrogen) atoms. The van der Waals surface area contributed by atoms with Crippen LogP contribution in [-0.4, -0.2) is 44.1 Å². The van der Waals surface area contributed by atoms with Crippen LogP contribution in [-0.2, 0) is 9.59 Å². The van der Waals surface area contributed by atoms with Crippen molar-refractivity contribution < 1.29 is 23.8 Å². The molecule has 0 fully saturated rings. The number of rotatable bonds is 9. The highest BCUT2D eigenvalue weighted by molar-refractivity contribution is 6.36. The largest absolute Gasteiger partial charge is 0.493 e. The Balaban J connectivity index is 2.13. The van der Waals surface area contributed by atoms with Gasteiger partial charge in [-0.05, 0) is 36.8 Å². The Hall–Kier alpha value is -3.74. The summed E-state index contributed by atoms with van der Waals surface area (Å²) in [5.41, 5.74) is 1.54. The number of amides is 2.